The minimum atomic E-state index is -1.19. The number of phenols is 1. The molecule has 92 valence electrons. The van der Waals surface area contributed by atoms with Crippen LogP contribution in [0.25, 0.3) is 10.8 Å². The average molecular weight is 245 g/mol. The Morgan fingerprint density at radius 1 is 1.28 bits per heavy atom. The summed E-state index contributed by atoms with van der Waals surface area (Å²) < 4.78 is 0. The molecule has 2 rings (SSSR count). The van der Waals surface area contributed by atoms with Gasteiger partial charge in [-0.1, -0.05) is 29.4 Å². The standard InChI is InChI=1S/C13H11NO4/c1-18-14-12(13(16)17)10-4-2-3-8-5-6-9(15)7-11(8)10/h2-7,15H,1H3,(H,16,17). The molecule has 0 bridgehead atoms. The topological polar surface area (TPSA) is 79.1 Å². The summed E-state index contributed by atoms with van der Waals surface area (Å²) >= 11 is 0. The largest absolute Gasteiger partial charge is 0.508 e. The monoisotopic (exact) mass is 245 g/mol. The third kappa shape index (κ3) is 2.10. The van der Waals surface area contributed by atoms with Crippen molar-refractivity contribution >= 4 is 22.5 Å². The first kappa shape index (κ1) is 11.9. The van der Waals surface area contributed by atoms with E-state index in [1.165, 1.54) is 13.2 Å². The molecule has 2 aromatic carbocycles. The molecule has 0 heterocycles. The van der Waals surface area contributed by atoms with E-state index in [-0.39, 0.29) is 11.5 Å². The number of oxime groups is 1. The first-order chi connectivity index (χ1) is 8.63. The number of fused-ring (bicyclic) bond motifs is 1. The van der Waals surface area contributed by atoms with E-state index < -0.39 is 5.97 Å². The highest BCUT2D eigenvalue weighted by Gasteiger charge is 2.16. The van der Waals surface area contributed by atoms with E-state index in [0.717, 1.165) is 5.39 Å². The van der Waals surface area contributed by atoms with Crippen LogP contribution in [0.5, 0.6) is 5.75 Å². The van der Waals surface area contributed by atoms with E-state index in [1.54, 1.807) is 24.3 Å². The van der Waals surface area contributed by atoms with Gasteiger partial charge >= 0.3 is 5.97 Å². The fraction of sp³-hybridized carbons (Fsp3) is 0.0769. The van der Waals surface area contributed by atoms with Crippen molar-refractivity contribution in [2.24, 2.45) is 5.16 Å². The van der Waals surface area contributed by atoms with Crippen molar-refractivity contribution in [3.63, 3.8) is 0 Å². The Morgan fingerprint density at radius 2 is 2.06 bits per heavy atom. The summed E-state index contributed by atoms with van der Waals surface area (Å²) in [5.74, 6) is -1.12. The van der Waals surface area contributed by atoms with Crippen LogP contribution in [0.2, 0.25) is 0 Å². The molecule has 0 amide bonds. The number of carboxylic acid groups (broad SMARTS) is 1. The van der Waals surface area contributed by atoms with Gasteiger partial charge in [-0.05, 0) is 22.9 Å². The van der Waals surface area contributed by atoms with Crippen molar-refractivity contribution in [1.82, 2.24) is 0 Å². The molecule has 18 heavy (non-hydrogen) atoms. The van der Waals surface area contributed by atoms with Gasteiger partial charge < -0.3 is 15.1 Å². The number of aliphatic carboxylic acids is 1. The molecule has 0 aromatic heterocycles. The normalized spacial score (nSPS) is 11.5. The van der Waals surface area contributed by atoms with E-state index >= 15 is 0 Å². The number of nitrogens with zero attached hydrogens (tertiary/aromatic N) is 1. The molecule has 0 aliphatic carbocycles. The lowest BCUT2D eigenvalue weighted by atomic mass is 10.0. The minimum Gasteiger partial charge on any atom is -0.508 e. The summed E-state index contributed by atoms with van der Waals surface area (Å²) in [6.45, 7) is 0. The fourth-order valence-electron chi connectivity index (χ4n) is 1.76. The summed E-state index contributed by atoms with van der Waals surface area (Å²) in [4.78, 5) is 15.7. The van der Waals surface area contributed by atoms with Gasteiger partial charge in [0.15, 0.2) is 5.71 Å². The predicted octanol–water partition coefficient (Wildman–Crippen LogP) is 1.98. The molecule has 2 aromatic rings. The van der Waals surface area contributed by atoms with Crippen LogP contribution in [0.15, 0.2) is 41.6 Å². The second-order valence-corrected chi connectivity index (χ2v) is 3.64. The molecule has 0 aliphatic rings. The van der Waals surface area contributed by atoms with Crippen molar-refractivity contribution in [3.05, 3.63) is 42.0 Å². The van der Waals surface area contributed by atoms with Gasteiger partial charge in [-0.3, -0.25) is 0 Å². The highest BCUT2D eigenvalue weighted by atomic mass is 16.6. The first-order valence-corrected chi connectivity index (χ1v) is 5.20. The third-order valence-electron chi connectivity index (χ3n) is 2.51. The number of carbonyl (C=O) groups is 1. The van der Waals surface area contributed by atoms with Crippen LogP contribution < -0.4 is 0 Å². The Bertz CT molecular complexity index is 634. The number of carboxylic acids is 1. The molecular weight excluding hydrogens is 234 g/mol. The van der Waals surface area contributed by atoms with Crippen molar-refractivity contribution in [1.29, 1.82) is 0 Å². The van der Waals surface area contributed by atoms with E-state index in [2.05, 4.69) is 9.99 Å². The average Bonchev–Trinajstić information content (AvgIpc) is 2.35. The lowest BCUT2D eigenvalue weighted by Gasteiger charge is -2.06. The lowest BCUT2D eigenvalue weighted by molar-refractivity contribution is -0.129. The maximum atomic E-state index is 11.1. The Hall–Kier alpha value is -2.56. The zero-order chi connectivity index (χ0) is 13.1. The summed E-state index contributed by atoms with van der Waals surface area (Å²) in [5.41, 5.74) is 0.200. The zero-order valence-electron chi connectivity index (χ0n) is 9.62. The number of phenolic OH excluding ortho intramolecular Hbond substituents is 1. The number of rotatable bonds is 3. The molecule has 0 saturated carbocycles. The van der Waals surface area contributed by atoms with Gasteiger partial charge in [0, 0.05) is 5.56 Å². The second kappa shape index (κ2) is 4.75. The number of benzene rings is 2. The fourth-order valence-corrected chi connectivity index (χ4v) is 1.76. The maximum Gasteiger partial charge on any atom is 0.358 e. The quantitative estimate of drug-likeness (QED) is 0.640. The smallest absolute Gasteiger partial charge is 0.358 e. The van der Waals surface area contributed by atoms with Gasteiger partial charge in [0.1, 0.15) is 12.9 Å². The van der Waals surface area contributed by atoms with Gasteiger partial charge in [-0.2, -0.15) is 0 Å². The lowest BCUT2D eigenvalue weighted by Crippen LogP contribution is -2.15. The highest BCUT2D eigenvalue weighted by Crippen LogP contribution is 2.24. The van der Waals surface area contributed by atoms with Crippen molar-refractivity contribution < 1.29 is 19.8 Å². The minimum absolute atomic E-state index is 0.0668. The van der Waals surface area contributed by atoms with Gasteiger partial charge in [0.2, 0.25) is 0 Å². The molecule has 5 nitrogen and oxygen atoms in total. The SMILES string of the molecule is CON=C(C(=O)O)c1cccc2ccc(O)cc12. The number of aromatic hydroxyl groups is 1. The van der Waals surface area contributed by atoms with Crippen LogP contribution in [0, 0.1) is 0 Å². The molecule has 0 atom stereocenters. The molecule has 0 radical (unpaired) electrons. The van der Waals surface area contributed by atoms with Crippen LogP contribution >= 0.6 is 0 Å². The van der Waals surface area contributed by atoms with Crippen LogP contribution in [0.3, 0.4) is 0 Å². The molecule has 2 N–H and O–H groups in total. The molecule has 0 aliphatic heterocycles. The molecular formula is C13H11NO4. The summed E-state index contributed by atoms with van der Waals surface area (Å²) in [6, 6.07) is 9.92. The first-order valence-electron chi connectivity index (χ1n) is 5.20. The van der Waals surface area contributed by atoms with Crippen LogP contribution in [-0.4, -0.2) is 29.0 Å². The Morgan fingerprint density at radius 3 is 2.72 bits per heavy atom. The molecule has 5 heteroatoms. The summed E-state index contributed by atoms with van der Waals surface area (Å²) in [5, 5.41) is 23.5. The molecule has 0 saturated heterocycles. The van der Waals surface area contributed by atoms with Gasteiger partial charge in [-0.15, -0.1) is 0 Å². The molecule has 0 unspecified atom stereocenters. The number of hydrogen-bond donors (Lipinski definition) is 2. The van der Waals surface area contributed by atoms with E-state index in [0.29, 0.717) is 10.9 Å². The Kier molecular flexibility index (Phi) is 3.14. The zero-order valence-corrected chi connectivity index (χ0v) is 9.62. The van der Waals surface area contributed by atoms with E-state index in [9.17, 15) is 9.90 Å². The van der Waals surface area contributed by atoms with Gasteiger partial charge in [0.25, 0.3) is 0 Å². The van der Waals surface area contributed by atoms with Crippen molar-refractivity contribution in [2.75, 3.05) is 7.11 Å². The summed E-state index contributed by atoms with van der Waals surface area (Å²) in [7, 11) is 1.28. The van der Waals surface area contributed by atoms with Crippen LogP contribution in [0.4, 0.5) is 0 Å². The summed E-state index contributed by atoms with van der Waals surface area (Å²) in [6.07, 6.45) is 0. The third-order valence-corrected chi connectivity index (χ3v) is 2.51. The highest BCUT2D eigenvalue weighted by molar-refractivity contribution is 6.44. The Balaban J connectivity index is 2.73. The maximum absolute atomic E-state index is 11.1. The van der Waals surface area contributed by atoms with Crippen molar-refractivity contribution in [2.45, 2.75) is 0 Å². The van der Waals surface area contributed by atoms with Gasteiger partial charge in [-0.25, -0.2) is 4.79 Å². The van der Waals surface area contributed by atoms with Crippen LogP contribution in [-0.2, 0) is 9.63 Å². The van der Waals surface area contributed by atoms with E-state index in [1.807, 2.05) is 6.07 Å². The van der Waals surface area contributed by atoms with E-state index in [4.69, 9.17) is 5.11 Å². The molecule has 0 spiro atoms. The Labute approximate surface area is 103 Å². The predicted molar refractivity (Wildman–Crippen MR) is 66.8 cm³/mol. The number of hydrogen-bond acceptors (Lipinski definition) is 4. The second-order valence-electron chi connectivity index (χ2n) is 3.64. The molecule has 0 fully saturated rings. The van der Waals surface area contributed by atoms with Crippen molar-refractivity contribution in [3.8, 4) is 5.75 Å². The van der Waals surface area contributed by atoms with Gasteiger partial charge in [0.05, 0.1) is 0 Å². The van der Waals surface area contributed by atoms with Crippen LogP contribution in [0.1, 0.15) is 5.56 Å².